The Bertz CT molecular complexity index is 234. The van der Waals surface area contributed by atoms with Gasteiger partial charge in [0.15, 0.2) is 0 Å². The zero-order chi connectivity index (χ0) is 13.2. The second-order valence-electron chi connectivity index (χ2n) is 0.729. The van der Waals surface area contributed by atoms with Crippen molar-refractivity contribution < 1.29 is 11.0 Å². The molecule has 0 amide bonds. The smallest absolute Gasteiger partial charge is 0.118 e. The second-order valence-corrected chi connectivity index (χ2v) is 2.56. The van der Waals surface area contributed by atoms with Gasteiger partial charge in [-0.1, -0.05) is 21.6 Å². The largest absolute Gasteiger partial charge is 0.330 e. The summed E-state index contributed by atoms with van der Waals surface area (Å²) < 4.78 is 57.2. The van der Waals surface area contributed by atoms with Gasteiger partial charge in [0.25, 0.3) is 0 Å². The fourth-order valence-electron chi connectivity index (χ4n) is 0.103. The molecule has 0 heterocycles. The van der Waals surface area contributed by atoms with Crippen LogP contribution in [0.15, 0.2) is 0 Å². The van der Waals surface area contributed by atoms with E-state index >= 15 is 0 Å². The van der Waals surface area contributed by atoms with Crippen LogP contribution < -0.4 is 11.5 Å². The first-order chi connectivity index (χ1) is 6.96. The van der Waals surface area contributed by atoms with Gasteiger partial charge in [-0.25, -0.2) is 0 Å². The normalized spacial score (nSPS) is 30.2. The molecule has 0 aliphatic heterocycles. The summed E-state index contributed by atoms with van der Waals surface area (Å²) in [5.41, 5.74) is 0.225. The Labute approximate surface area is 69.5 Å². The molecule has 0 rings (SSSR count). The van der Waals surface area contributed by atoms with Crippen molar-refractivity contribution in [3.05, 3.63) is 0 Å². The summed E-state index contributed by atoms with van der Waals surface area (Å²) in [5.74, 6) is 0. The minimum Gasteiger partial charge on any atom is -0.330 e. The Hall–Kier alpha value is 0.620. The first-order valence-electron chi connectivity index (χ1n) is 5.70. The molecule has 0 aromatic rings. The zero-order valence-corrected chi connectivity index (χ0v) is 5.68. The highest BCUT2D eigenvalue weighted by atomic mass is 33.1. The molecule has 0 aromatic carbocycles. The fraction of sp³-hybridized carbons (Fsp3) is 1.00. The summed E-state index contributed by atoms with van der Waals surface area (Å²) >= 11 is 0. The molecule has 0 unspecified atom stereocenters. The molecule has 0 saturated heterocycles. The Morgan fingerprint density at radius 1 is 1.50 bits per heavy atom. The quantitative estimate of drug-likeness (QED) is 0.548. The lowest BCUT2D eigenvalue weighted by molar-refractivity contribution is 1.15. The lowest BCUT2D eigenvalue weighted by Crippen LogP contribution is -2.02. The molecule has 0 atom stereocenters. The molecule has 0 fully saturated rings. The summed E-state index contributed by atoms with van der Waals surface area (Å²) in [6.07, 6.45) is 0. The lowest BCUT2D eigenvalue weighted by atomic mass is 10.8. The van der Waals surface area contributed by atoms with Gasteiger partial charge in [-0.2, -0.15) is 0 Å². The van der Waals surface area contributed by atoms with Gasteiger partial charge in [-0.05, 0) is 0 Å². The van der Waals surface area contributed by atoms with E-state index in [4.69, 9.17) is 16.8 Å². The van der Waals surface area contributed by atoms with Crippen LogP contribution in [0.2, 0.25) is 2.82 Å². The van der Waals surface area contributed by atoms with E-state index < -0.39 is 17.9 Å². The predicted octanol–water partition coefficient (Wildman–Crippen LogP) is 0.285. The van der Waals surface area contributed by atoms with E-state index in [0.717, 1.165) is 0 Å². The van der Waals surface area contributed by atoms with Crippen LogP contribution in [0, 0.1) is 0 Å². The average Bonchev–Trinajstić information content (AvgIpc) is 2.15. The summed E-state index contributed by atoms with van der Waals surface area (Å²) in [6, 6.07) is 0. The Kier molecular flexibility index (Phi) is 1.95. The standard InChI is InChI=1S/C4H12N2S2/c5-1-3-7-8-4-2-6/h1-6H2/i1D2,3D2,4D2/hD2. The van der Waals surface area contributed by atoms with Crippen molar-refractivity contribution in [2.75, 3.05) is 24.5 Å². The highest BCUT2D eigenvalue weighted by Gasteiger charge is 1.84. The fourth-order valence-corrected chi connectivity index (χ4v) is 0.927. The summed E-state index contributed by atoms with van der Waals surface area (Å²) in [6.45, 7) is -3.19. The van der Waals surface area contributed by atoms with E-state index in [-0.39, 0.29) is 23.1 Å². The summed E-state index contributed by atoms with van der Waals surface area (Å²) in [7, 11) is 0.730. The molecular formula is C4H12N2S2. The molecule has 0 aliphatic carbocycles. The van der Waals surface area contributed by atoms with Crippen LogP contribution in [-0.4, -0.2) is 24.5 Å². The number of rotatable bonds is 6. The minimum atomic E-state index is -2.85. The molecular weight excluding hydrogens is 140 g/mol. The molecule has 0 aliphatic rings. The molecule has 0 spiro atoms. The van der Waals surface area contributed by atoms with Crippen molar-refractivity contribution in [3.63, 3.8) is 0 Å². The van der Waals surface area contributed by atoms with Crippen LogP contribution in [0.4, 0.5) is 0 Å². The van der Waals surface area contributed by atoms with E-state index in [9.17, 15) is 0 Å². The third kappa shape index (κ3) is 6.62. The van der Waals surface area contributed by atoms with Crippen LogP contribution in [0.5, 0.6) is 0 Å². The third-order valence-electron chi connectivity index (χ3n) is 0.271. The molecule has 4 N–H and O–H groups in total. The molecule has 2 nitrogen and oxygen atoms in total. The summed E-state index contributed by atoms with van der Waals surface area (Å²) in [4.78, 5) is 0. The monoisotopic (exact) mass is 160 g/mol. The Morgan fingerprint density at radius 2 is 2.25 bits per heavy atom. The third-order valence-corrected chi connectivity index (χ3v) is 1.67. The van der Waals surface area contributed by atoms with Crippen LogP contribution in [-0.2, 0) is 0 Å². The molecule has 8 heavy (non-hydrogen) atoms. The Morgan fingerprint density at radius 3 is 2.88 bits per heavy atom. The van der Waals surface area contributed by atoms with Gasteiger partial charge < -0.3 is 11.5 Å². The van der Waals surface area contributed by atoms with Crippen molar-refractivity contribution in [3.8, 4) is 0 Å². The first-order valence-corrected chi connectivity index (χ1v) is 3.96. The minimum absolute atomic E-state index is 0.284. The van der Waals surface area contributed by atoms with E-state index in [1.54, 1.807) is 0 Å². The maximum atomic E-state index is 7.36. The van der Waals surface area contributed by atoms with Gasteiger partial charge in [-0.15, -0.1) is 0 Å². The van der Waals surface area contributed by atoms with Crippen LogP contribution >= 0.6 is 21.6 Å². The molecule has 0 bridgehead atoms. The van der Waals surface area contributed by atoms with Gasteiger partial charge in [-0.3, -0.25) is 0 Å². The van der Waals surface area contributed by atoms with Crippen molar-refractivity contribution in [1.29, 1.82) is 0 Å². The lowest BCUT2D eigenvalue weighted by Gasteiger charge is -1.93. The van der Waals surface area contributed by atoms with Crippen LogP contribution in [0.1, 0.15) is 8.22 Å². The molecule has 0 aromatic heterocycles. The highest BCUT2D eigenvalue weighted by molar-refractivity contribution is 8.76. The van der Waals surface area contributed by atoms with Crippen molar-refractivity contribution in [1.82, 2.24) is 0 Å². The molecule has 4 heteroatoms. The first kappa shape index (κ1) is 2.05. The SMILES string of the molecule is [2H]N([2H])C([2H])([2H])C([2H])([2H])SSC([2H])([2H])CN. The topological polar surface area (TPSA) is 52.0 Å². The number of hydrogen-bond acceptors (Lipinski definition) is 4. The maximum absolute atomic E-state index is 7.36. The Balaban J connectivity index is 4.58. The van der Waals surface area contributed by atoms with E-state index in [1.807, 2.05) is 0 Å². The van der Waals surface area contributed by atoms with Gasteiger partial charge in [0, 0.05) is 32.7 Å². The second kappa shape index (κ2) is 7.62. The summed E-state index contributed by atoms with van der Waals surface area (Å²) in [5, 5.41) is 0. The number of nitrogens with two attached hydrogens (primary N) is 2. The zero-order valence-electron chi connectivity index (χ0n) is 12.0. The van der Waals surface area contributed by atoms with Gasteiger partial charge >= 0.3 is 0 Å². The molecule has 0 radical (unpaired) electrons. The van der Waals surface area contributed by atoms with Gasteiger partial charge in [0.2, 0.25) is 0 Å². The van der Waals surface area contributed by atoms with Gasteiger partial charge in [0.1, 0.15) is 2.82 Å². The number of hydrogen-bond donors (Lipinski definition) is 2. The average molecular weight is 160 g/mol. The van der Waals surface area contributed by atoms with Crippen molar-refractivity contribution >= 4 is 21.6 Å². The van der Waals surface area contributed by atoms with E-state index in [0.29, 0.717) is 10.8 Å². The molecule has 50 valence electrons. The predicted molar refractivity (Wildman–Crippen MR) is 43.0 cm³/mol. The van der Waals surface area contributed by atoms with Crippen molar-refractivity contribution in [2.45, 2.75) is 0 Å². The molecule has 0 saturated carbocycles. The van der Waals surface area contributed by atoms with Crippen LogP contribution in [0.25, 0.3) is 0 Å². The van der Waals surface area contributed by atoms with E-state index in [1.165, 1.54) is 0 Å². The van der Waals surface area contributed by atoms with Gasteiger partial charge in [0.05, 0.1) is 0 Å². The van der Waals surface area contributed by atoms with Crippen LogP contribution in [0.3, 0.4) is 0 Å². The van der Waals surface area contributed by atoms with E-state index in [2.05, 4.69) is 0 Å². The van der Waals surface area contributed by atoms with Crippen molar-refractivity contribution in [2.24, 2.45) is 11.5 Å². The maximum Gasteiger partial charge on any atom is 0.118 e. The highest BCUT2D eigenvalue weighted by Crippen LogP contribution is 2.18.